The molecular weight excluding hydrogens is 500 g/mol. The Kier molecular flexibility index (Phi) is 7.05. The third-order valence-electron chi connectivity index (χ3n) is 7.48. The molecule has 1 fully saturated rings. The molecule has 0 saturated heterocycles. The van der Waals surface area contributed by atoms with Crippen LogP contribution in [-0.4, -0.2) is 20.4 Å². The van der Waals surface area contributed by atoms with Crippen molar-refractivity contribution in [3.63, 3.8) is 0 Å². The highest BCUT2D eigenvalue weighted by molar-refractivity contribution is 7.12. The number of amides is 1. The van der Waals surface area contributed by atoms with Gasteiger partial charge in [-0.2, -0.15) is 0 Å². The zero-order valence-electron chi connectivity index (χ0n) is 22.8. The van der Waals surface area contributed by atoms with E-state index in [0.717, 1.165) is 54.9 Å². The van der Waals surface area contributed by atoms with Crippen LogP contribution in [0.1, 0.15) is 57.7 Å². The van der Waals surface area contributed by atoms with Gasteiger partial charge in [0.2, 0.25) is 5.91 Å². The predicted molar refractivity (Wildman–Crippen MR) is 159 cm³/mol. The monoisotopic (exact) mass is 534 g/mol. The second-order valence-electron chi connectivity index (χ2n) is 10.6. The predicted octanol–water partition coefficient (Wildman–Crippen LogP) is 7.00. The largest absolute Gasteiger partial charge is 0.351 e. The maximum absolute atomic E-state index is 12.4. The number of nitrogens with one attached hydrogen (secondary N) is 1. The quantitative estimate of drug-likeness (QED) is 0.221. The van der Waals surface area contributed by atoms with Crippen LogP contribution in [0, 0.1) is 19.8 Å². The number of pyridine rings is 1. The molecule has 2 aromatic carbocycles. The Morgan fingerprint density at radius 1 is 1.00 bits per heavy atom. The second-order valence-corrected chi connectivity index (χ2v) is 11.8. The van der Waals surface area contributed by atoms with Crippen LogP contribution in [0.15, 0.2) is 66.7 Å². The normalized spacial score (nSPS) is 13.2. The van der Waals surface area contributed by atoms with Crippen molar-refractivity contribution < 1.29 is 4.79 Å². The lowest BCUT2D eigenvalue weighted by Gasteiger charge is -2.10. The summed E-state index contributed by atoms with van der Waals surface area (Å²) in [6.45, 7) is 7.62. The molecule has 0 aliphatic heterocycles. The Bertz CT molecular complexity index is 1630. The van der Waals surface area contributed by atoms with Crippen LogP contribution in [0.4, 0.5) is 0 Å². The van der Waals surface area contributed by atoms with E-state index in [1.807, 2.05) is 6.92 Å². The fraction of sp³-hybridized carbons (Fsp3) is 0.303. The molecule has 5 nitrogen and oxygen atoms in total. The SMILES string of the molecule is CCc1nc2c(C)cc(C)nc2n1Cc1ccc(-c2cc(Cc3ccccc3)sc2CNC(=O)C2CC2)cc1. The van der Waals surface area contributed by atoms with E-state index in [9.17, 15) is 4.79 Å². The Hall–Kier alpha value is -3.77. The molecule has 0 bridgehead atoms. The molecular formula is C33H34N4OS. The summed E-state index contributed by atoms with van der Waals surface area (Å²) in [5.74, 6) is 1.46. The molecule has 1 N–H and O–H groups in total. The molecule has 0 radical (unpaired) electrons. The first-order valence-corrected chi connectivity index (χ1v) is 14.7. The van der Waals surface area contributed by atoms with E-state index < -0.39 is 0 Å². The number of hydrogen-bond acceptors (Lipinski definition) is 4. The van der Waals surface area contributed by atoms with Crippen LogP contribution in [0.3, 0.4) is 0 Å². The molecule has 39 heavy (non-hydrogen) atoms. The minimum atomic E-state index is 0.188. The van der Waals surface area contributed by atoms with E-state index in [0.29, 0.717) is 6.54 Å². The molecule has 5 aromatic rings. The second kappa shape index (κ2) is 10.8. The number of fused-ring (bicyclic) bond motifs is 1. The first-order chi connectivity index (χ1) is 19.0. The molecule has 1 aliphatic rings. The van der Waals surface area contributed by atoms with E-state index >= 15 is 0 Å². The molecule has 198 valence electrons. The molecule has 3 aromatic heterocycles. The van der Waals surface area contributed by atoms with Gasteiger partial charge in [-0.05, 0) is 66.6 Å². The summed E-state index contributed by atoms with van der Waals surface area (Å²) < 4.78 is 2.26. The minimum absolute atomic E-state index is 0.188. The topological polar surface area (TPSA) is 59.8 Å². The van der Waals surface area contributed by atoms with Crippen LogP contribution in [0.5, 0.6) is 0 Å². The Morgan fingerprint density at radius 2 is 1.77 bits per heavy atom. The van der Waals surface area contributed by atoms with E-state index in [2.05, 4.69) is 90.5 Å². The van der Waals surface area contributed by atoms with Crippen molar-refractivity contribution in [2.75, 3.05) is 0 Å². The number of aromatic nitrogens is 3. The first kappa shape index (κ1) is 25.5. The van der Waals surface area contributed by atoms with Gasteiger partial charge in [0.15, 0.2) is 5.65 Å². The molecule has 1 saturated carbocycles. The summed E-state index contributed by atoms with van der Waals surface area (Å²) in [5, 5.41) is 3.18. The molecule has 6 rings (SSSR count). The van der Waals surface area contributed by atoms with Crippen molar-refractivity contribution in [2.45, 2.75) is 59.5 Å². The molecule has 1 aliphatic carbocycles. The number of rotatable bonds is 9. The average Bonchev–Trinajstić information content (AvgIpc) is 3.63. The fourth-order valence-electron chi connectivity index (χ4n) is 5.26. The summed E-state index contributed by atoms with van der Waals surface area (Å²) in [6.07, 6.45) is 3.80. The first-order valence-electron chi connectivity index (χ1n) is 13.8. The van der Waals surface area contributed by atoms with Crippen LogP contribution >= 0.6 is 11.3 Å². The Labute approximate surface area is 234 Å². The average molecular weight is 535 g/mol. The van der Waals surface area contributed by atoms with Crippen LogP contribution in [0.25, 0.3) is 22.3 Å². The van der Waals surface area contributed by atoms with Gasteiger partial charge < -0.3 is 9.88 Å². The highest BCUT2D eigenvalue weighted by Gasteiger charge is 2.29. The number of carbonyl (C=O) groups excluding carboxylic acids is 1. The van der Waals surface area contributed by atoms with Gasteiger partial charge in [-0.15, -0.1) is 11.3 Å². The maximum Gasteiger partial charge on any atom is 0.223 e. The van der Waals surface area contributed by atoms with E-state index in [4.69, 9.17) is 9.97 Å². The van der Waals surface area contributed by atoms with Crippen molar-refractivity contribution in [1.29, 1.82) is 0 Å². The van der Waals surface area contributed by atoms with Crippen molar-refractivity contribution in [2.24, 2.45) is 5.92 Å². The van der Waals surface area contributed by atoms with Crippen molar-refractivity contribution in [1.82, 2.24) is 19.9 Å². The van der Waals surface area contributed by atoms with Gasteiger partial charge in [0.25, 0.3) is 0 Å². The summed E-state index contributed by atoms with van der Waals surface area (Å²) in [6, 6.07) is 23.8. The van der Waals surface area contributed by atoms with Gasteiger partial charge in [-0.3, -0.25) is 4.79 Å². The lowest BCUT2D eigenvalue weighted by Crippen LogP contribution is -2.23. The summed E-state index contributed by atoms with van der Waals surface area (Å²) >= 11 is 1.80. The zero-order valence-corrected chi connectivity index (χ0v) is 23.6. The van der Waals surface area contributed by atoms with Gasteiger partial charge in [-0.25, -0.2) is 9.97 Å². The van der Waals surface area contributed by atoms with E-state index in [1.165, 1.54) is 37.6 Å². The molecule has 1 amide bonds. The van der Waals surface area contributed by atoms with Gasteiger partial charge in [0, 0.05) is 34.2 Å². The number of carbonyl (C=O) groups is 1. The summed E-state index contributed by atoms with van der Waals surface area (Å²) in [7, 11) is 0. The third-order valence-corrected chi connectivity index (χ3v) is 8.61. The zero-order chi connectivity index (χ0) is 26.9. The number of hydrogen-bond donors (Lipinski definition) is 1. The Balaban J connectivity index is 1.28. The van der Waals surface area contributed by atoms with E-state index in [1.54, 1.807) is 11.3 Å². The van der Waals surface area contributed by atoms with Gasteiger partial charge in [0.1, 0.15) is 11.3 Å². The Morgan fingerprint density at radius 3 is 2.49 bits per heavy atom. The van der Waals surface area contributed by atoms with Gasteiger partial charge >= 0.3 is 0 Å². The lowest BCUT2D eigenvalue weighted by molar-refractivity contribution is -0.122. The third kappa shape index (κ3) is 5.52. The summed E-state index contributed by atoms with van der Waals surface area (Å²) in [4.78, 5) is 24.6. The highest BCUT2D eigenvalue weighted by atomic mass is 32.1. The number of aryl methyl sites for hydroxylation is 3. The smallest absolute Gasteiger partial charge is 0.223 e. The van der Waals surface area contributed by atoms with Crippen LogP contribution in [0.2, 0.25) is 0 Å². The number of thiophene rings is 1. The standard InChI is InChI=1S/C33H34N4OS/c1-4-30-36-31-21(2)16-22(3)35-32(31)37(30)20-24-10-12-25(13-11-24)28-18-27(17-23-8-6-5-7-9-23)39-29(28)19-34-33(38)26-14-15-26/h5-13,16,18,26H,4,14-15,17,19-20H2,1-3H3,(H,34,38). The highest BCUT2D eigenvalue weighted by Crippen LogP contribution is 2.34. The van der Waals surface area contributed by atoms with Gasteiger partial charge in [-0.1, -0.05) is 61.5 Å². The number of nitrogens with zero attached hydrogens (tertiary/aromatic N) is 3. The van der Waals surface area contributed by atoms with Gasteiger partial charge in [0.05, 0.1) is 13.1 Å². The van der Waals surface area contributed by atoms with Crippen molar-refractivity contribution in [3.8, 4) is 11.1 Å². The molecule has 3 heterocycles. The molecule has 0 unspecified atom stereocenters. The van der Waals surface area contributed by atoms with Crippen LogP contribution < -0.4 is 5.32 Å². The summed E-state index contributed by atoms with van der Waals surface area (Å²) in [5.41, 5.74) is 9.06. The molecule has 0 spiro atoms. The lowest BCUT2D eigenvalue weighted by atomic mass is 10.0. The molecule has 6 heteroatoms. The van der Waals surface area contributed by atoms with Crippen molar-refractivity contribution in [3.05, 3.63) is 105 Å². The van der Waals surface area contributed by atoms with Crippen molar-refractivity contribution >= 4 is 28.4 Å². The number of benzene rings is 2. The van der Waals surface area contributed by atoms with Crippen LogP contribution in [-0.2, 0) is 30.7 Å². The maximum atomic E-state index is 12.4. The van der Waals surface area contributed by atoms with E-state index in [-0.39, 0.29) is 11.8 Å². The fourth-order valence-corrected chi connectivity index (χ4v) is 6.42. The number of imidazole rings is 1. The molecule has 0 atom stereocenters. The minimum Gasteiger partial charge on any atom is -0.351 e.